The van der Waals surface area contributed by atoms with E-state index in [0.29, 0.717) is 5.95 Å². The SMILES string of the molecule is CN(C)c1nc2c(c(=O)[nH]1)CCC21CCN(CC2CC3(CCNCC3)C(=O)O2)CC1. The number of ether oxygens (including phenoxy) is 1. The average molecular weight is 416 g/mol. The molecule has 1 aromatic rings. The molecule has 1 aliphatic carbocycles. The van der Waals surface area contributed by atoms with E-state index in [-0.39, 0.29) is 28.5 Å². The second kappa shape index (κ2) is 7.34. The van der Waals surface area contributed by atoms with E-state index in [1.54, 1.807) is 0 Å². The summed E-state index contributed by atoms with van der Waals surface area (Å²) in [5, 5.41) is 3.35. The molecule has 1 unspecified atom stereocenters. The molecule has 0 saturated carbocycles. The first kappa shape index (κ1) is 20.0. The highest BCUT2D eigenvalue weighted by atomic mass is 16.6. The third-order valence-electron chi connectivity index (χ3n) is 7.94. The van der Waals surface area contributed by atoms with Crippen LogP contribution in [0.25, 0.3) is 0 Å². The van der Waals surface area contributed by atoms with Crippen molar-refractivity contribution in [2.45, 2.75) is 56.5 Å². The summed E-state index contributed by atoms with van der Waals surface area (Å²) < 4.78 is 5.82. The number of esters is 1. The Kier molecular flexibility index (Phi) is 4.89. The van der Waals surface area contributed by atoms with E-state index in [4.69, 9.17) is 9.72 Å². The second-order valence-corrected chi connectivity index (χ2v) is 9.95. The van der Waals surface area contributed by atoms with Gasteiger partial charge in [-0.2, -0.15) is 0 Å². The zero-order valence-corrected chi connectivity index (χ0v) is 18.1. The lowest BCUT2D eigenvalue weighted by Gasteiger charge is -2.40. The third kappa shape index (κ3) is 3.24. The number of anilines is 1. The normalized spacial score (nSPS) is 27.4. The molecule has 4 aliphatic rings. The Bertz CT molecular complexity index is 881. The lowest BCUT2D eigenvalue weighted by atomic mass is 9.75. The fraction of sp³-hybridized carbons (Fsp3) is 0.773. The van der Waals surface area contributed by atoms with Crippen LogP contribution in [0.3, 0.4) is 0 Å². The maximum Gasteiger partial charge on any atom is 0.312 e. The Morgan fingerprint density at radius 2 is 1.83 bits per heavy atom. The van der Waals surface area contributed by atoms with E-state index in [1.165, 1.54) is 0 Å². The number of cyclic esters (lactones) is 1. The van der Waals surface area contributed by atoms with Crippen molar-refractivity contribution in [2.75, 3.05) is 51.7 Å². The van der Waals surface area contributed by atoms with Crippen molar-refractivity contribution in [1.82, 2.24) is 20.2 Å². The van der Waals surface area contributed by atoms with E-state index in [0.717, 1.165) is 88.9 Å². The van der Waals surface area contributed by atoms with Crippen molar-refractivity contribution in [3.8, 4) is 0 Å². The molecule has 0 aromatic carbocycles. The summed E-state index contributed by atoms with van der Waals surface area (Å²) in [6.45, 7) is 4.58. The quantitative estimate of drug-likeness (QED) is 0.706. The van der Waals surface area contributed by atoms with E-state index < -0.39 is 0 Å². The highest BCUT2D eigenvalue weighted by molar-refractivity contribution is 5.79. The fourth-order valence-electron chi connectivity index (χ4n) is 6.04. The molecular weight excluding hydrogens is 382 g/mol. The van der Waals surface area contributed by atoms with E-state index in [9.17, 15) is 9.59 Å². The molecule has 2 spiro atoms. The van der Waals surface area contributed by atoms with Crippen LogP contribution in [0.1, 0.15) is 49.8 Å². The molecule has 0 radical (unpaired) electrons. The van der Waals surface area contributed by atoms with Gasteiger partial charge >= 0.3 is 5.97 Å². The van der Waals surface area contributed by atoms with Crippen LogP contribution >= 0.6 is 0 Å². The summed E-state index contributed by atoms with van der Waals surface area (Å²) >= 11 is 0. The summed E-state index contributed by atoms with van der Waals surface area (Å²) in [5.41, 5.74) is 1.70. The molecule has 2 N–H and O–H groups in total. The molecule has 5 rings (SSSR count). The largest absolute Gasteiger partial charge is 0.461 e. The third-order valence-corrected chi connectivity index (χ3v) is 7.94. The lowest BCUT2D eigenvalue weighted by molar-refractivity contribution is -0.150. The van der Waals surface area contributed by atoms with Crippen LogP contribution in [0.5, 0.6) is 0 Å². The van der Waals surface area contributed by atoms with Gasteiger partial charge < -0.3 is 15.0 Å². The number of fused-ring (bicyclic) bond motifs is 2. The first-order chi connectivity index (χ1) is 14.4. The van der Waals surface area contributed by atoms with Gasteiger partial charge in [-0.05, 0) is 64.7 Å². The minimum absolute atomic E-state index is 0.0156. The number of aromatic amines is 1. The van der Waals surface area contributed by atoms with Gasteiger partial charge in [0.15, 0.2) is 0 Å². The molecule has 1 atom stereocenters. The van der Waals surface area contributed by atoms with Gasteiger partial charge in [-0.25, -0.2) is 4.98 Å². The number of carbonyl (C=O) groups excluding carboxylic acids is 1. The monoisotopic (exact) mass is 415 g/mol. The van der Waals surface area contributed by atoms with Crippen LogP contribution < -0.4 is 15.8 Å². The van der Waals surface area contributed by atoms with Gasteiger partial charge in [0.25, 0.3) is 5.56 Å². The van der Waals surface area contributed by atoms with Crippen LogP contribution in [0.4, 0.5) is 5.95 Å². The van der Waals surface area contributed by atoms with Crippen LogP contribution in [-0.4, -0.2) is 73.8 Å². The Hall–Kier alpha value is -1.93. The highest BCUT2D eigenvalue weighted by Crippen LogP contribution is 2.45. The maximum absolute atomic E-state index is 12.5. The number of nitrogens with one attached hydrogen (secondary N) is 2. The van der Waals surface area contributed by atoms with E-state index >= 15 is 0 Å². The molecule has 8 nitrogen and oxygen atoms in total. The number of aromatic nitrogens is 2. The van der Waals surface area contributed by atoms with E-state index in [2.05, 4.69) is 15.2 Å². The second-order valence-electron chi connectivity index (χ2n) is 9.95. The maximum atomic E-state index is 12.5. The predicted molar refractivity (Wildman–Crippen MR) is 114 cm³/mol. The number of H-pyrrole nitrogens is 1. The van der Waals surface area contributed by atoms with Gasteiger partial charge in [0.1, 0.15) is 6.10 Å². The smallest absolute Gasteiger partial charge is 0.312 e. The fourth-order valence-corrected chi connectivity index (χ4v) is 6.04. The number of rotatable bonds is 3. The average Bonchev–Trinajstić information content (AvgIpc) is 3.23. The van der Waals surface area contributed by atoms with Crippen LogP contribution in [0, 0.1) is 5.41 Å². The number of carbonyl (C=O) groups is 1. The molecule has 8 heteroatoms. The zero-order chi connectivity index (χ0) is 20.9. The minimum atomic E-state index is -0.245. The molecule has 1 aromatic heterocycles. The van der Waals surface area contributed by atoms with Crippen molar-refractivity contribution < 1.29 is 9.53 Å². The molecule has 3 saturated heterocycles. The van der Waals surface area contributed by atoms with Crippen LogP contribution in [0.15, 0.2) is 4.79 Å². The van der Waals surface area contributed by atoms with Gasteiger partial charge in [0, 0.05) is 38.0 Å². The number of likely N-dealkylation sites (tertiary alicyclic amines) is 1. The number of hydrogen-bond acceptors (Lipinski definition) is 7. The summed E-state index contributed by atoms with van der Waals surface area (Å²) in [6.07, 6.45) is 6.54. The van der Waals surface area contributed by atoms with Crippen molar-refractivity contribution in [1.29, 1.82) is 0 Å². The van der Waals surface area contributed by atoms with Crippen molar-refractivity contribution >= 4 is 11.9 Å². The summed E-state index contributed by atoms with van der Waals surface area (Å²) in [6, 6.07) is 0. The van der Waals surface area contributed by atoms with Crippen molar-refractivity contribution in [2.24, 2.45) is 5.41 Å². The van der Waals surface area contributed by atoms with Crippen LogP contribution in [0.2, 0.25) is 0 Å². The number of hydrogen-bond donors (Lipinski definition) is 2. The standard InChI is InChI=1S/C22H33N5O3/c1-26(2)20-24-17-16(18(28)25-20)3-4-21(17)7-11-27(12-8-21)14-15-13-22(19(29)30-15)5-9-23-10-6-22/h15,23H,3-14H2,1-2H3,(H,24,25,28). The molecular formula is C22H33N5O3. The highest BCUT2D eigenvalue weighted by Gasteiger charge is 2.50. The van der Waals surface area contributed by atoms with Gasteiger partial charge in [-0.1, -0.05) is 0 Å². The Morgan fingerprint density at radius 3 is 2.53 bits per heavy atom. The lowest BCUT2D eigenvalue weighted by Crippen LogP contribution is -2.45. The topological polar surface area (TPSA) is 90.6 Å². The first-order valence-corrected chi connectivity index (χ1v) is 11.4. The zero-order valence-electron chi connectivity index (χ0n) is 18.1. The van der Waals surface area contributed by atoms with Gasteiger partial charge in [-0.3, -0.25) is 19.5 Å². The molecule has 0 bridgehead atoms. The molecule has 3 aliphatic heterocycles. The first-order valence-electron chi connectivity index (χ1n) is 11.4. The summed E-state index contributed by atoms with van der Waals surface area (Å²) in [5.74, 6) is 0.666. The Balaban J connectivity index is 1.25. The van der Waals surface area contributed by atoms with Gasteiger partial charge in [0.05, 0.1) is 11.1 Å². The van der Waals surface area contributed by atoms with Crippen LogP contribution in [-0.2, 0) is 21.4 Å². The van der Waals surface area contributed by atoms with Crippen molar-refractivity contribution in [3.05, 3.63) is 21.6 Å². The summed E-state index contributed by atoms with van der Waals surface area (Å²) in [7, 11) is 3.82. The minimum Gasteiger partial charge on any atom is -0.461 e. The molecule has 30 heavy (non-hydrogen) atoms. The molecule has 0 amide bonds. The predicted octanol–water partition coefficient (Wildman–Crippen LogP) is 0.801. The Labute approximate surface area is 177 Å². The van der Waals surface area contributed by atoms with Crippen molar-refractivity contribution in [3.63, 3.8) is 0 Å². The molecule has 164 valence electrons. The van der Waals surface area contributed by atoms with E-state index in [1.807, 2.05) is 19.0 Å². The Morgan fingerprint density at radius 1 is 1.10 bits per heavy atom. The number of nitrogens with zero attached hydrogens (tertiary/aromatic N) is 3. The summed E-state index contributed by atoms with van der Waals surface area (Å²) in [4.78, 5) is 37.2. The molecule has 4 heterocycles. The van der Waals surface area contributed by atoms with Gasteiger partial charge in [0.2, 0.25) is 5.95 Å². The van der Waals surface area contributed by atoms with Gasteiger partial charge in [-0.15, -0.1) is 0 Å². The molecule has 3 fully saturated rings. The number of piperidine rings is 2.